The molecule has 2 aromatic rings. The van der Waals surface area contributed by atoms with Crippen molar-refractivity contribution in [3.8, 4) is 5.06 Å². The van der Waals surface area contributed by atoms with Gasteiger partial charge in [-0.2, -0.15) is 0 Å². The summed E-state index contributed by atoms with van der Waals surface area (Å²) in [4.78, 5) is 0. The Bertz CT molecular complexity index is 462. The Hall–Kier alpha value is -0.290. The molecule has 1 aromatic carbocycles. The zero-order chi connectivity index (χ0) is 10.1. The number of aryl methyl sites for hydroxylation is 1. The molecule has 74 valence electrons. The standard InChI is InChI=1S/C11H11IOS/c1-3-7-4-5-9(12)11-8(7)6-10(13-2)14-11/h4-6H,3H2,1-2H3. The summed E-state index contributed by atoms with van der Waals surface area (Å²) in [5.74, 6) is 0. The zero-order valence-electron chi connectivity index (χ0n) is 8.13. The van der Waals surface area contributed by atoms with Gasteiger partial charge in [-0.25, -0.2) is 0 Å². The summed E-state index contributed by atoms with van der Waals surface area (Å²) in [7, 11) is 1.73. The van der Waals surface area contributed by atoms with Gasteiger partial charge in [-0.3, -0.25) is 0 Å². The Balaban J connectivity index is 2.74. The van der Waals surface area contributed by atoms with Gasteiger partial charge in [-0.1, -0.05) is 24.3 Å². The van der Waals surface area contributed by atoms with Crippen LogP contribution >= 0.6 is 33.9 Å². The lowest BCUT2D eigenvalue weighted by molar-refractivity contribution is 0.427. The van der Waals surface area contributed by atoms with Crippen molar-refractivity contribution in [1.29, 1.82) is 0 Å². The summed E-state index contributed by atoms with van der Waals surface area (Å²) in [6, 6.07) is 6.52. The van der Waals surface area contributed by atoms with Crippen LogP contribution in [0.2, 0.25) is 0 Å². The van der Waals surface area contributed by atoms with Crippen LogP contribution in [0.25, 0.3) is 10.1 Å². The molecule has 0 aliphatic rings. The average molecular weight is 318 g/mol. The first-order chi connectivity index (χ1) is 6.76. The molecule has 0 aliphatic carbocycles. The van der Waals surface area contributed by atoms with E-state index in [0.717, 1.165) is 11.5 Å². The molecule has 0 N–H and O–H groups in total. The molecule has 2 rings (SSSR count). The lowest BCUT2D eigenvalue weighted by atomic mass is 10.1. The third-order valence-electron chi connectivity index (χ3n) is 2.29. The van der Waals surface area contributed by atoms with Gasteiger partial charge in [0.05, 0.1) is 11.8 Å². The molecule has 0 atom stereocenters. The maximum absolute atomic E-state index is 5.27. The van der Waals surface area contributed by atoms with E-state index < -0.39 is 0 Å². The lowest BCUT2D eigenvalue weighted by Crippen LogP contribution is -1.81. The monoisotopic (exact) mass is 318 g/mol. The van der Waals surface area contributed by atoms with Crippen molar-refractivity contribution in [3.63, 3.8) is 0 Å². The second-order valence-electron chi connectivity index (χ2n) is 3.07. The Labute approximate surface area is 101 Å². The first-order valence-electron chi connectivity index (χ1n) is 4.51. The van der Waals surface area contributed by atoms with Crippen LogP contribution in [0.1, 0.15) is 12.5 Å². The molecule has 1 nitrogen and oxygen atoms in total. The predicted molar refractivity (Wildman–Crippen MR) is 70.5 cm³/mol. The third kappa shape index (κ3) is 1.63. The molecule has 0 saturated heterocycles. The molecule has 3 heteroatoms. The summed E-state index contributed by atoms with van der Waals surface area (Å²) < 4.78 is 7.93. The van der Waals surface area contributed by atoms with Gasteiger partial charge in [0.25, 0.3) is 0 Å². The minimum absolute atomic E-state index is 0.999. The molecule has 0 radical (unpaired) electrons. The van der Waals surface area contributed by atoms with E-state index in [1.54, 1.807) is 18.4 Å². The minimum atomic E-state index is 0.999. The van der Waals surface area contributed by atoms with Crippen molar-refractivity contribution >= 4 is 44.0 Å². The van der Waals surface area contributed by atoms with E-state index in [2.05, 4.69) is 47.7 Å². The number of hydrogen-bond donors (Lipinski definition) is 0. The molecule has 0 saturated carbocycles. The van der Waals surface area contributed by atoms with Crippen molar-refractivity contribution < 1.29 is 4.74 Å². The molecule has 0 aliphatic heterocycles. The summed E-state index contributed by atoms with van der Waals surface area (Å²) in [5.41, 5.74) is 1.40. The van der Waals surface area contributed by atoms with Crippen LogP contribution in [0.4, 0.5) is 0 Å². The molecule has 14 heavy (non-hydrogen) atoms. The van der Waals surface area contributed by atoms with Crippen LogP contribution in [0.3, 0.4) is 0 Å². The number of thiophene rings is 1. The van der Waals surface area contributed by atoms with Gasteiger partial charge >= 0.3 is 0 Å². The molecule has 0 unspecified atom stereocenters. The molecule has 0 amide bonds. The zero-order valence-corrected chi connectivity index (χ0v) is 11.1. The van der Waals surface area contributed by atoms with Gasteiger partial charge in [0.15, 0.2) is 5.06 Å². The average Bonchev–Trinajstić information content (AvgIpc) is 2.63. The Morgan fingerprint density at radius 2 is 2.21 bits per heavy atom. The number of fused-ring (bicyclic) bond motifs is 1. The fourth-order valence-electron chi connectivity index (χ4n) is 1.53. The van der Waals surface area contributed by atoms with Crippen molar-refractivity contribution in [1.82, 2.24) is 0 Å². The maximum Gasteiger partial charge on any atom is 0.174 e. The highest BCUT2D eigenvalue weighted by Gasteiger charge is 2.08. The quantitative estimate of drug-likeness (QED) is 0.758. The van der Waals surface area contributed by atoms with E-state index in [4.69, 9.17) is 4.74 Å². The van der Waals surface area contributed by atoms with Gasteiger partial charge in [-0.15, -0.1) is 0 Å². The molecule has 0 bridgehead atoms. The van der Waals surface area contributed by atoms with E-state index in [-0.39, 0.29) is 0 Å². The minimum Gasteiger partial charge on any atom is -0.487 e. The summed E-state index contributed by atoms with van der Waals surface area (Å²) in [5, 5.41) is 2.35. The van der Waals surface area contributed by atoms with E-state index in [1.165, 1.54) is 19.2 Å². The predicted octanol–water partition coefficient (Wildman–Crippen LogP) is 4.08. The maximum atomic E-state index is 5.27. The molecular formula is C11H11IOS. The highest BCUT2D eigenvalue weighted by molar-refractivity contribution is 14.1. The molecule has 1 aromatic heterocycles. The van der Waals surface area contributed by atoms with E-state index in [1.807, 2.05) is 0 Å². The fraction of sp³-hybridized carbons (Fsp3) is 0.273. The summed E-state index contributed by atoms with van der Waals surface area (Å²) in [6.07, 6.45) is 1.08. The van der Waals surface area contributed by atoms with Crippen LogP contribution < -0.4 is 4.74 Å². The van der Waals surface area contributed by atoms with Gasteiger partial charge in [0, 0.05) is 8.96 Å². The smallest absolute Gasteiger partial charge is 0.174 e. The lowest BCUT2D eigenvalue weighted by Gasteiger charge is -1.99. The summed E-state index contributed by atoms with van der Waals surface area (Å²) >= 11 is 4.10. The van der Waals surface area contributed by atoms with Crippen LogP contribution in [0, 0.1) is 3.57 Å². The highest BCUT2D eigenvalue weighted by Crippen LogP contribution is 2.36. The van der Waals surface area contributed by atoms with Gasteiger partial charge in [0.1, 0.15) is 0 Å². The van der Waals surface area contributed by atoms with Crippen molar-refractivity contribution in [2.75, 3.05) is 7.11 Å². The number of benzene rings is 1. The van der Waals surface area contributed by atoms with Crippen molar-refractivity contribution in [2.24, 2.45) is 0 Å². The van der Waals surface area contributed by atoms with Crippen LogP contribution in [0.15, 0.2) is 18.2 Å². The van der Waals surface area contributed by atoms with Crippen LogP contribution in [-0.4, -0.2) is 7.11 Å². The normalized spacial score (nSPS) is 10.8. The molecule has 0 fully saturated rings. The highest BCUT2D eigenvalue weighted by atomic mass is 127. The SMILES string of the molecule is CCc1ccc(I)c2sc(OC)cc12. The van der Waals surface area contributed by atoms with Gasteiger partial charge in [0.2, 0.25) is 0 Å². The Kier molecular flexibility index (Phi) is 2.97. The third-order valence-corrected chi connectivity index (χ3v) is 4.68. The summed E-state index contributed by atoms with van der Waals surface area (Å²) in [6.45, 7) is 2.19. The van der Waals surface area contributed by atoms with Crippen LogP contribution in [-0.2, 0) is 6.42 Å². The van der Waals surface area contributed by atoms with Gasteiger partial charge < -0.3 is 4.74 Å². The van der Waals surface area contributed by atoms with Gasteiger partial charge in [-0.05, 0) is 46.7 Å². The second kappa shape index (κ2) is 4.06. The largest absolute Gasteiger partial charge is 0.487 e. The number of rotatable bonds is 2. The topological polar surface area (TPSA) is 9.23 Å². The van der Waals surface area contributed by atoms with E-state index in [0.29, 0.717) is 0 Å². The number of hydrogen-bond acceptors (Lipinski definition) is 2. The number of halogens is 1. The number of methoxy groups -OCH3 is 1. The van der Waals surface area contributed by atoms with E-state index >= 15 is 0 Å². The van der Waals surface area contributed by atoms with Crippen LogP contribution in [0.5, 0.6) is 5.06 Å². The first-order valence-corrected chi connectivity index (χ1v) is 6.40. The molecule has 0 spiro atoms. The molecule has 1 heterocycles. The van der Waals surface area contributed by atoms with E-state index in [9.17, 15) is 0 Å². The Morgan fingerprint density at radius 1 is 1.43 bits per heavy atom. The first kappa shape index (κ1) is 10.2. The van der Waals surface area contributed by atoms with Crippen molar-refractivity contribution in [2.45, 2.75) is 13.3 Å². The fourth-order valence-corrected chi connectivity index (χ4v) is 3.26. The molecular weight excluding hydrogens is 307 g/mol. The Morgan fingerprint density at radius 3 is 2.86 bits per heavy atom. The van der Waals surface area contributed by atoms with Crippen molar-refractivity contribution in [3.05, 3.63) is 27.3 Å². The second-order valence-corrected chi connectivity index (χ2v) is 5.25. The number of ether oxygens (including phenoxy) is 1.